The van der Waals surface area contributed by atoms with E-state index in [2.05, 4.69) is 20.9 Å². The number of anilines is 1. The molecule has 0 aliphatic rings. The van der Waals surface area contributed by atoms with Crippen LogP contribution in [0.3, 0.4) is 0 Å². The summed E-state index contributed by atoms with van der Waals surface area (Å²) in [5, 5.41) is 18.3. The second-order valence-corrected chi connectivity index (χ2v) is 5.11. The van der Waals surface area contributed by atoms with Gasteiger partial charge >= 0.3 is 5.97 Å². The Hall–Kier alpha value is -2.41. The van der Waals surface area contributed by atoms with E-state index in [1.807, 2.05) is 0 Å². The second-order valence-electron chi connectivity index (χ2n) is 4.19. The van der Waals surface area contributed by atoms with E-state index >= 15 is 0 Å². The molecule has 0 fully saturated rings. The minimum Gasteiger partial charge on any atom is -0.508 e. The third-order valence-electron chi connectivity index (χ3n) is 2.65. The second kappa shape index (κ2) is 6.36. The number of hydrogen-bond acceptors (Lipinski definition) is 4. The van der Waals surface area contributed by atoms with Crippen LogP contribution in [0.2, 0.25) is 0 Å². The molecule has 21 heavy (non-hydrogen) atoms. The van der Waals surface area contributed by atoms with E-state index < -0.39 is 18.4 Å². The van der Waals surface area contributed by atoms with E-state index in [-0.39, 0.29) is 11.3 Å². The smallest absolute Gasteiger partial charge is 0.323 e. The van der Waals surface area contributed by atoms with Crippen LogP contribution in [0.5, 0.6) is 5.75 Å². The summed E-state index contributed by atoms with van der Waals surface area (Å²) in [7, 11) is 0. The Kier molecular flexibility index (Phi) is 4.54. The summed E-state index contributed by atoms with van der Waals surface area (Å²) in [6, 6.07) is 7.28. The van der Waals surface area contributed by atoms with E-state index in [1.165, 1.54) is 36.7 Å². The molecule has 108 valence electrons. The fourth-order valence-electron chi connectivity index (χ4n) is 1.73. The summed E-state index contributed by atoms with van der Waals surface area (Å²) >= 11 is 3.21. The molecule has 1 amide bonds. The van der Waals surface area contributed by atoms with Gasteiger partial charge in [0.2, 0.25) is 0 Å². The lowest BCUT2D eigenvalue weighted by Gasteiger charge is -2.21. The number of phenolic OH excluding ortho intramolecular Hbond substituents is 1. The van der Waals surface area contributed by atoms with Gasteiger partial charge in [-0.15, -0.1) is 0 Å². The van der Waals surface area contributed by atoms with Crippen molar-refractivity contribution in [1.82, 2.24) is 4.98 Å². The number of carboxylic acid groups (broad SMARTS) is 1. The Labute approximate surface area is 128 Å². The van der Waals surface area contributed by atoms with Gasteiger partial charge in [-0.2, -0.15) is 0 Å². The highest BCUT2D eigenvalue weighted by molar-refractivity contribution is 9.10. The molecule has 7 heteroatoms. The fourth-order valence-corrected chi connectivity index (χ4v) is 2.10. The van der Waals surface area contributed by atoms with E-state index in [4.69, 9.17) is 5.11 Å². The third-order valence-corrected chi connectivity index (χ3v) is 3.09. The monoisotopic (exact) mass is 350 g/mol. The maximum atomic E-state index is 12.5. The van der Waals surface area contributed by atoms with Gasteiger partial charge in [-0.25, -0.2) is 0 Å². The molecule has 2 rings (SSSR count). The normalized spacial score (nSPS) is 10.1. The number of aromatic nitrogens is 1. The van der Waals surface area contributed by atoms with Crippen LogP contribution in [0.15, 0.2) is 47.2 Å². The molecule has 0 atom stereocenters. The van der Waals surface area contributed by atoms with Crippen molar-refractivity contribution >= 4 is 33.5 Å². The molecule has 0 saturated heterocycles. The number of rotatable bonds is 4. The summed E-state index contributed by atoms with van der Waals surface area (Å²) in [6.07, 6.45) is 2.89. The van der Waals surface area contributed by atoms with Gasteiger partial charge in [-0.3, -0.25) is 19.5 Å². The molecule has 1 heterocycles. The van der Waals surface area contributed by atoms with Crippen LogP contribution in [-0.4, -0.2) is 33.6 Å². The predicted octanol–water partition coefficient (Wildman–Crippen LogP) is 2.28. The SMILES string of the molecule is O=C(O)CN(C(=O)c1cncc(Br)c1)c1ccc(O)cc1. The highest BCUT2D eigenvalue weighted by atomic mass is 79.9. The Bertz CT molecular complexity index is 673. The van der Waals surface area contributed by atoms with Crippen molar-refractivity contribution in [3.8, 4) is 5.75 Å². The maximum absolute atomic E-state index is 12.5. The molecule has 2 N–H and O–H groups in total. The number of benzene rings is 1. The van der Waals surface area contributed by atoms with Crippen molar-refractivity contribution in [2.75, 3.05) is 11.4 Å². The van der Waals surface area contributed by atoms with Gasteiger partial charge in [0.1, 0.15) is 12.3 Å². The van der Waals surface area contributed by atoms with Gasteiger partial charge in [-0.1, -0.05) is 0 Å². The van der Waals surface area contributed by atoms with Gasteiger partial charge in [0.15, 0.2) is 0 Å². The summed E-state index contributed by atoms with van der Waals surface area (Å²) < 4.78 is 0.620. The molecule has 0 aliphatic heterocycles. The first-order chi connectivity index (χ1) is 9.97. The minimum absolute atomic E-state index is 0.0330. The summed E-state index contributed by atoms with van der Waals surface area (Å²) in [6.45, 7) is -0.490. The Morgan fingerprint density at radius 3 is 2.43 bits per heavy atom. The molecular weight excluding hydrogens is 340 g/mol. The van der Waals surface area contributed by atoms with Crippen molar-refractivity contribution in [2.24, 2.45) is 0 Å². The number of carboxylic acids is 1. The fraction of sp³-hybridized carbons (Fsp3) is 0.0714. The quantitative estimate of drug-likeness (QED) is 0.882. The van der Waals surface area contributed by atoms with Crippen molar-refractivity contribution in [2.45, 2.75) is 0 Å². The van der Waals surface area contributed by atoms with Crippen molar-refractivity contribution in [3.63, 3.8) is 0 Å². The van der Waals surface area contributed by atoms with Crippen LogP contribution in [-0.2, 0) is 4.79 Å². The van der Waals surface area contributed by atoms with E-state index in [0.29, 0.717) is 10.2 Å². The molecule has 1 aromatic heterocycles. The number of carbonyl (C=O) groups excluding carboxylic acids is 1. The summed E-state index contributed by atoms with van der Waals surface area (Å²) in [5.41, 5.74) is 0.638. The van der Waals surface area contributed by atoms with Crippen LogP contribution in [0, 0.1) is 0 Å². The topological polar surface area (TPSA) is 90.7 Å². The van der Waals surface area contributed by atoms with Crippen LogP contribution >= 0.6 is 15.9 Å². The number of hydrogen-bond donors (Lipinski definition) is 2. The highest BCUT2D eigenvalue weighted by Crippen LogP contribution is 2.21. The van der Waals surface area contributed by atoms with Crippen LogP contribution < -0.4 is 4.90 Å². The molecule has 0 saturated carbocycles. The molecule has 0 aliphatic carbocycles. The van der Waals surface area contributed by atoms with E-state index in [9.17, 15) is 14.7 Å². The number of nitrogens with zero attached hydrogens (tertiary/aromatic N) is 2. The van der Waals surface area contributed by atoms with Crippen LogP contribution in [0.1, 0.15) is 10.4 Å². The van der Waals surface area contributed by atoms with Crippen LogP contribution in [0.4, 0.5) is 5.69 Å². The van der Waals surface area contributed by atoms with Crippen molar-refractivity contribution in [1.29, 1.82) is 0 Å². The number of pyridine rings is 1. The number of aliphatic carboxylic acids is 1. The first-order valence-corrected chi connectivity index (χ1v) is 6.70. The largest absolute Gasteiger partial charge is 0.508 e. The van der Waals surface area contributed by atoms with Crippen molar-refractivity contribution < 1.29 is 19.8 Å². The lowest BCUT2D eigenvalue weighted by atomic mass is 10.2. The average molecular weight is 351 g/mol. The number of halogens is 1. The molecule has 0 spiro atoms. The van der Waals surface area contributed by atoms with E-state index in [1.54, 1.807) is 6.07 Å². The number of carbonyl (C=O) groups is 2. The minimum atomic E-state index is -1.14. The van der Waals surface area contributed by atoms with E-state index in [0.717, 1.165) is 4.90 Å². The lowest BCUT2D eigenvalue weighted by molar-refractivity contribution is -0.135. The molecule has 2 aromatic rings. The lowest BCUT2D eigenvalue weighted by Crippen LogP contribution is -2.35. The number of aromatic hydroxyl groups is 1. The number of amides is 1. The van der Waals surface area contributed by atoms with Gasteiger partial charge in [0, 0.05) is 22.6 Å². The van der Waals surface area contributed by atoms with Gasteiger partial charge in [0.25, 0.3) is 5.91 Å². The third kappa shape index (κ3) is 3.79. The van der Waals surface area contributed by atoms with Gasteiger partial charge in [-0.05, 0) is 46.3 Å². The first-order valence-electron chi connectivity index (χ1n) is 5.90. The zero-order valence-electron chi connectivity index (χ0n) is 10.7. The predicted molar refractivity (Wildman–Crippen MR) is 79.4 cm³/mol. The van der Waals surface area contributed by atoms with Gasteiger partial charge < -0.3 is 10.2 Å². The standard InChI is InChI=1S/C14H11BrN2O4/c15-10-5-9(6-16-7-10)14(21)17(8-13(19)20)11-1-3-12(18)4-2-11/h1-7,18H,8H2,(H,19,20). The maximum Gasteiger partial charge on any atom is 0.323 e. The summed E-state index contributed by atoms with van der Waals surface area (Å²) in [4.78, 5) is 28.4. The average Bonchev–Trinajstić information content (AvgIpc) is 2.45. The zero-order valence-corrected chi connectivity index (χ0v) is 12.3. The van der Waals surface area contributed by atoms with Crippen LogP contribution in [0.25, 0.3) is 0 Å². The number of phenols is 1. The molecular formula is C14H11BrN2O4. The summed E-state index contributed by atoms with van der Waals surface area (Å²) in [5.74, 6) is -1.60. The molecule has 0 bridgehead atoms. The highest BCUT2D eigenvalue weighted by Gasteiger charge is 2.21. The zero-order chi connectivity index (χ0) is 15.4. The van der Waals surface area contributed by atoms with Gasteiger partial charge in [0.05, 0.1) is 5.56 Å². The molecule has 6 nitrogen and oxygen atoms in total. The first kappa shape index (κ1) is 15.0. The molecule has 0 unspecified atom stereocenters. The molecule has 0 radical (unpaired) electrons. The molecule has 1 aromatic carbocycles. The Morgan fingerprint density at radius 1 is 1.19 bits per heavy atom. The van der Waals surface area contributed by atoms with Crippen molar-refractivity contribution in [3.05, 3.63) is 52.8 Å². The Balaban J connectivity index is 2.38. The Morgan fingerprint density at radius 2 is 1.86 bits per heavy atom.